The van der Waals surface area contributed by atoms with E-state index in [4.69, 9.17) is 0 Å². The molecule has 4 N–H and O–H groups in total. The van der Waals surface area contributed by atoms with Crippen LogP contribution in [0.25, 0.3) is 32.9 Å². The Hall–Kier alpha value is -5.76. The number of hydrogen-bond donors (Lipinski definition) is 4. The number of nitrogens with zero attached hydrogens (tertiary/aromatic N) is 2. The fraction of sp³-hybridized carbons (Fsp3) is 0.0588. The van der Waals surface area contributed by atoms with Crippen LogP contribution < -0.4 is 10.9 Å². The maximum Gasteiger partial charge on any atom is 0.271 e. The van der Waals surface area contributed by atoms with Gasteiger partial charge >= 0.3 is 0 Å². The Labute approximate surface area is 243 Å². The van der Waals surface area contributed by atoms with Crippen LogP contribution in [0.15, 0.2) is 120 Å². The number of para-hydroxylation sites is 2. The topological polar surface area (TPSA) is 114 Å². The number of nitrogens with one attached hydrogen (secondary N) is 4. The van der Waals surface area contributed by atoms with Gasteiger partial charge in [-0.2, -0.15) is 10.2 Å². The highest BCUT2D eigenvalue weighted by Gasteiger charge is 2.08. The predicted molar refractivity (Wildman–Crippen MR) is 170 cm³/mol. The van der Waals surface area contributed by atoms with Crippen LogP contribution in [-0.2, 0) is 0 Å². The van der Waals surface area contributed by atoms with Gasteiger partial charge in [0.05, 0.1) is 23.5 Å². The molecule has 0 aliphatic heterocycles. The zero-order valence-electron chi connectivity index (χ0n) is 23.3. The summed E-state index contributed by atoms with van der Waals surface area (Å²) in [7, 11) is 0. The molecule has 2 amide bonds. The third-order valence-electron chi connectivity index (χ3n) is 6.61. The molecule has 0 radical (unpaired) electrons. The highest BCUT2D eigenvalue weighted by molar-refractivity contribution is 6.00. The summed E-state index contributed by atoms with van der Waals surface area (Å²) in [6.07, 6.45) is 6.98. The lowest BCUT2D eigenvalue weighted by Crippen LogP contribution is -2.17. The minimum atomic E-state index is -0.304. The zero-order chi connectivity index (χ0) is 29.3. The summed E-state index contributed by atoms with van der Waals surface area (Å²) in [5.41, 5.74) is 11.7. The minimum Gasteiger partial charge on any atom is -0.361 e. The number of carbonyl (C=O) groups excluding carboxylic acids is 2. The number of aromatic amines is 2. The Morgan fingerprint density at radius 3 is 1.38 bits per heavy atom. The maximum atomic E-state index is 12.6. The molecule has 6 rings (SSSR count). The van der Waals surface area contributed by atoms with Crippen molar-refractivity contribution in [2.75, 3.05) is 0 Å². The Balaban J connectivity index is 0.00000173. The lowest BCUT2D eigenvalue weighted by Gasteiger charge is -2.06. The van der Waals surface area contributed by atoms with Gasteiger partial charge in [0.1, 0.15) is 0 Å². The average molecular weight is 555 g/mol. The van der Waals surface area contributed by atoms with Crippen molar-refractivity contribution in [2.24, 2.45) is 10.2 Å². The van der Waals surface area contributed by atoms with Gasteiger partial charge in [0, 0.05) is 45.4 Å². The van der Waals surface area contributed by atoms with Crippen molar-refractivity contribution in [3.8, 4) is 11.1 Å². The molecule has 0 bridgehead atoms. The van der Waals surface area contributed by atoms with Gasteiger partial charge in [0.15, 0.2) is 0 Å². The number of fused-ring (bicyclic) bond motifs is 2. The molecule has 0 unspecified atom stereocenters. The number of rotatable bonds is 7. The number of benzene rings is 4. The van der Waals surface area contributed by atoms with Crippen molar-refractivity contribution in [1.29, 1.82) is 0 Å². The standard InChI is InChI=1S/C32H24N6O2.C2H6/c39-31(37-35-19-27-5-1-3-23-15-17-33-29(23)27)25-11-7-21(8-12-25)22-9-13-26(14-10-22)32(40)38-36-20-28-6-2-4-24-16-18-34-30(24)28;1-2/h1-20,33-34H,(H,37,39)(H,38,40);1-2H3/b35-19+,36-20+;. The van der Waals surface area contributed by atoms with Crippen molar-refractivity contribution in [2.45, 2.75) is 13.8 Å². The molecule has 42 heavy (non-hydrogen) atoms. The zero-order valence-corrected chi connectivity index (χ0v) is 23.3. The molecule has 8 heteroatoms. The van der Waals surface area contributed by atoms with Crippen molar-refractivity contribution in [3.63, 3.8) is 0 Å². The third kappa shape index (κ3) is 6.18. The molecule has 208 valence electrons. The molecule has 0 aliphatic carbocycles. The second-order valence-corrected chi connectivity index (χ2v) is 9.13. The van der Waals surface area contributed by atoms with Gasteiger partial charge in [0.2, 0.25) is 0 Å². The number of amides is 2. The minimum absolute atomic E-state index is 0.304. The number of carbonyl (C=O) groups is 2. The second-order valence-electron chi connectivity index (χ2n) is 9.13. The molecule has 0 saturated carbocycles. The van der Waals surface area contributed by atoms with Crippen LogP contribution in [0.5, 0.6) is 0 Å². The normalized spacial score (nSPS) is 11.1. The van der Waals surface area contributed by atoms with Crippen LogP contribution in [0.2, 0.25) is 0 Å². The lowest BCUT2D eigenvalue weighted by molar-refractivity contribution is 0.0947. The molecule has 0 atom stereocenters. The quantitative estimate of drug-likeness (QED) is 0.127. The molecule has 0 fully saturated rings. The third-order valence-corrected chi connectivity index (χ3v) is 6.61. The Morgan fingerprint density at radius 1 is 0.571 bits per heavy atom. The van der Waals surface area contributed by atoms with E-state index in [1.165, 1.54) is 0 Å². The van der Waals surface area contributed by atoms with E-state index in [1.807, 2.05) is 99.0 Å². The van der Waals surface area contributed by atoms with Gasteiger partial charge in [-0.1, -0.05) is 74.5 Å². The number of aromatic nitrogens is 2. The summed E-state index contributed by atoms with van der Waals surface area (Å²) >= 11 is 0. The van der Waals surface area contributed by atoms with Gasteiger partial charge in [-0.3, -0.25) is 9.59 Å². The highest BCUT2D eigenvalue weighted by Crippen LogP contribution is 2.21. The summed E-state index contributed by atoms with van der Waals surface area (Å²) in [4.78, 5) is 31.5. The summed E-state index contributed by atoms with van der Waals surface area (Å²) in [6.45, 7) is 4.00. The van der Waals surface area contributed by atoms with Crippen molar-refractivity contribution >= 4 is 46.0 Å². The largest absolute Gasteiger partial charge is 0.361 e. The van der Waals surface area contributed by atoms with Crippen LogP contribution in [0.1, 0.15) is 45.7 Å². The fourth-order valence-corrected chi connectivity index (χ4v) is 4.51. The van der Waals surface area contributed by atoms with Crippen molar-refractivity contribution in [3.05, 3.63) is 132 Å². The molecular weight excluding hydrogens is 524 g/mol. The first kappa shape index (κ1) is 27.8. The first-order valence-electron chi connectivity index (χ1n) is 13.7. The van der Waals surface area contributed by atoms with Gasteiger partial charge in [-0.15, -0.1) is 0 Å². The molecule has 2 aromatic heterocycles. The van der Waals surface area contributed by atoms with E-state index in [9.17, 15) is 9.59 Å². The molecule has 4 aromatic carbocycles. The average Bonchev–Trinajstić information content (AvgIpc) is 3.73. The van der Waals surface area contributed by atoms with E-state index in [1.54, 1.807) is 36.7 Å². The molecule has 8 nitrogen and oxygen atoms in total. The Bertz CT molecular complexity index is 1740. The summed E-state index contributed by atoms with van der Waals surface area (Å²) < 4.78 is 0. The van der Waals surface area contributed by atoms with Gasteiger partial charge in [-0.05, 0) is 47.5 Å². The van der Waals surface area contributed by atoms with Crippen LogP contribution in [0.3, 0.4) is 0 Å². The second kappa shape index (κ2) is 13.1. The maximum absolute atomic E-state index is 12.6. The van der Waals surface area contributed by atoms with E-state index >= 15 is 0 Å². The predicted octanol–water partition coefficient (Wildman–Crippen LogP) is 6.87. The van der Waals surface area contributed by atoms with Crippen LogP contribution in [0, 0.1) is 0 Å². The molecule has 0 saturated heterocycles. The fourth-order valence-electron chi connectivity index (χ4n) is 4.51. The summed E-state index contributed by atoms with van der Waals surface area (Å²) in [6, 6.07) is 30.1. The van der Waals surface area contributed by atoms with Gasteiger partial charge < -0.3 is 9.97 Å². The Morgan fingerprint density at radius 2 is 0.976 bits per heavy atom. The van der Waals surface area contributed by atoms with Gasteiger partial charge in [0.25, 0.3) is 11.8 Å². The molecular formula is C34H30N6O2. The van der Waals surface area contributed by atoms with E-state index in [-0.39, 0.29) is 11.8 Å². The van der Waals surface area contributed by atoms with E-state index in [0.717, 1.165) is 44.1 Å². The monoisotopic (exact) mass is 554 g/mol. The smallest absolute Gasteiger partial charge is 0.271 e. The number of hydrazone groups is 2. The van der Waals surface area contributed by atoms with Crippen molar-refractivity contribution < 1.29 is 9.59 Å². The number of H-pyrrole nitrogens is 2. The highest BCUT2D eigenvalue weighted by atomic mass is 16.2. The van der Waals surface area contributed by atoms with Crippen molar-refractivity contribution in [1.82, 2.24) is 20.8 Å². The number of hydrogen-bond acceptors (Lipinski definition) is 4. The lowest BCUT2D eigenvalue weighted by atomic mass is 10.0. The van der Waals surface area contributed by atoms with E-state index in [0.29, 0.717) is 11.1 Å². The first-order valence-corrected chi connectivity index (χ1v) is 13.7. The SMILES string of the molecule is CC.O=C(N/N=C/c1cccc2cc[nH]c12)c1ccc(-c2ccc(C(=O)N/N=C/c3cccc4cc[nH]c34)cc2)cc1. The van der Waals surface area contributed by atoms with E-state index < -0.39 is 0 Å². The van der Waals surface area contributed by atoms with Crippen LogP contribution in [0.4, 0.5) is 0 Å². The van der Waals surface area contributed by atoms with E-state index in [2.05, 4.69) is 31.0 Å². The molecule has 0 aliphatic rings. The molecule has 0 spiro atoms. The summed E-state index contributed by atoms with van der Waals surface area (Å²) in [5.74, 6) is -0.608. The van der Waals surface area contributed by atoms with Crippen LogP contribution in [-0.4, -0.2) is 34.2 Å². The first-order chi connectivity index (χ1) is 20.7. The van der Waals surface area contributed by atoms with Crippen LogP contribution >= 0.6 is 0 Å². The molecule has 6 aromatic rings. The van der Waals surface area contributed by atoms with Gasteiger partial charge in [-0.25, -0.2) is 10.9 Å². The Kier molecular flexibility index (Phi) is 8.64. The molecule has 2 heterocycles. The summed E-state index contributed by atoms with van der Waals surface area (Å²) in [5, 5.41) is 10.4.